The Bertz CT molecular complexity index is 197. The summed E-state index contributed by atoms with van der Waals surface area (Å²) in [6, 6.07) is 0. The Balaban J connectivity index is 2.41. The predicted molar refractivity (Wildman–Crippen MR) is 45.4 cm³/mol. The number of alkyl halides is 2. The van der Waals surface area contributed by atoms with Gasteiger partial charge in [-0.05, 0) is 0 Å². The summed E-state index contributed by atoms with van der Waals surface area (Å²) in [6.07, 6.45) is -1.69. The minimum absolute atomic E-state index is 0.0810. The number of halogens is 2. The van der Waals surface area contributed by atoms with Crippen molar-refractivity contribution in [1.82, 2.24) is 4.90 Å². The third-order valence-electron chi connectivity index (χ3n) is 2.31. The zero-order valence-corrected chi connectivity index (χ0v) is 7.58. The molecule has 1 unspecified atom stereocenters. The molecule has 1 N–H and O–H groups in total. The minimum Gasteiger partial charge on any atom is -0.411 e. The zero-order valence-electron chi connectivity index (χ0n) is 7.58. The van der Waals surface area contributed by atoms with Gasteiger partial charge < -0.3 is 5.21 Å². The van der Waals surface area contributed by atoms with E-state index in [4.69, 9.17) is 5.21 Å². The van der Waals surface area contributed by atoms with Crippen LogP contribution in [0.4, 0.5) is 8.78 Å². The average Bonchev–Trinajstić information content (AvgIpc) is 2.03. The van der Waals surface area contributed by atoms with Crippen LogP contribution >= 0.6 is 0 Å². The molecule has 0 aromatic carbocycles. The molecular weight excluding hydrogens is 178 g/mol. The van der Waals surface area contributed by atoms with E-state index in [9.17, 15) is 8.78 Å². The van der Waals surface area contributed by atoms with Crippen LogP contribution in [0.2, 0.25) is 0 Å². The summed E-state index contributed by atoms with van der Waals surface area (Å²) < 4.78 is 24.0. The Hall–Kier alpha value is -0.710. The fraction of sp³-hybridized carbons (Fsp3) is 0.875. The zero-order chi connectivity index (χ0) is 9.84. The molecule has 1 heterocycles. The van der Waals surface area contributed by atoms with Gasteiger partial charge in [-0.2, -0.15) is 0 Å². The van der Waals surface area contributed by atoms with Crippen LogP contribution in [0.5, 0.6) is 0 Å². The Morgan fingerprint density at radius 3 is 2.85 bits per heavy atom. The molecule has 0 aromatic rings. The first-order chi connectivity index (χ1) is 6.13. The summed E-state index contributed by atoms with van der Waals surface area (Å²) in [4.78, 5) is 1.70. The molecule has 0 aromatic heterocycles. The SMILES string of the molecule is CC1CN(CC(F)F)CC/C1=N\O. The standard InChI is InChI=1S/C8H14F2N2O/c1-6-4-12(5-8(9)10)3-2-7(6)11-13/h6,8,13H,2-5H2,1H3/b11-7+. The lowest BCUT2D eigenvalue weighted by molar-refractivity contribution is 0.0817. The molecule has 13 heavy (non-hydrogen) atoms. The van der Waals surface area contributed by atoms with E-state index < -0.39 is 6.43 Å². The van der Waals surface area contributed by atoms with Gasteiger partial charge in [0.25, 0.3) is 6.43 Å². The molecule has 1 aliphatic rings. The molecule has 0 bridgehead atoms. The Labute approximate surface area is 76.0 Å². The molecule has 0 radical (unpaired) electrons. The van der Waals surface area contributed by atoms with Gasteiger partial charge >= 0.3 is 0 Å². The lowest BCUT2D eigenvalue weighted by Crippen LogP contribution is -2.41. The highest BCUT2D eigenvalue weighted by molar-refractivity contribution is 5.86. The van der Waals surface area contributed by atoms with E-state index in [0.29, 0.717) is 25.2 Å². The lowest BCUT2D eigenvalue weighted by Gasteiger charge is -2.30. The number of hydrogen-bond donors (Lipinski definition) is 1. The van der Waals surface area contributed by atoms with Crippen molar-refractivity contribution in [2.75, 3.05) is 19.6 Å². The van der Waals surface area contributed by atoms with Crippen molar-refractivity contribution in [3.63, 3.8) is 0 Å². The Morgan fingerprint density at radius 2 is 2.38 bits per heavy atom. The molecule has 1 rings (SSSR count). The molecule has 76 valence electrons. The van der Waals surface area contributed by atoms with Crippen LogP contribution in [0.25, 0.3) is 0 Å². The first kappa shape index (κ1) is 10.4. The van der Waals surface area contributed by atoms with Crippen molar-refractivity contribution in [3.8, 4) is 0 Å². The molecule has 0 saturated carbocycles. The monoisotopic (exact) mass is 192 g/mol. The molecule has 5 heteroatoms. The number of piperidine rings is 1. The van der Waals surface area contributed by atoms with E-state index in [-0.39, 0.29) is 12.5 Å². The van der Waals surface area contributed by atoms with Crippen LogP contribution in [0.15, 0.2) is 5.16 Å². The van der Waals surface area contributed by atoms with Gasteiger partial charge in [-0.25, -0.2) is 8.78 Å². The van der Waals surface area contributed by atoms with Crippen LogP contribution < -0.4 is 0 Å². The number of oxime groups is 1. The van der Waals surface area contributed by atoms with Gasteiger partial charge in [0.2, 0.25) is 0 Å². The fourth-order valence-corrected chi connectivity index (χ4v) is 1.61. The number of hydrogen-bond acceptors (Lipinski definition) is 3. The summed E-state index contributed by atoms with van der Waals surface area (Å²) in [7, 11) is 0. The Kier molecular flexibility index (Phi) is 3.59. The van der Waals surface area contributed by atoms with E-state index in [1.165, 1.54) is 0 Å². The third kappa shape index (κ3) is 2.91. The van der Waals surface area contributed by atoms with Gasteiger partial charge in [-0.15, -0.1) is 0 Å². The van der Waals surface area contributed by atoms with Crippen molar-refractivity contribution in [2.24, 2.45) is 11.1 Å². The van der Waals surface area contributed by atoms with E-state index in [0.717, 1.165) is 0 Å². The third-order valence-corrected chi connectivity index (χ3v) is 2.31. The second-order valence-corrected chi connectivity index (χ2v) is 3.39. The maximum atomic E-state index is 12.0. The molecule has 0 spiro atoms. The van der Waals surface area contributed by atoms with E-state index in [2.05, 4.69) is 5.16 Å². The molecular formula is C8H14F2N2O. The number of rotatable bonds is 2. The van der Waals surface area contributed by atoms with Gasteiger partial charge in [0, 0.05) is 25.4 Å². The van der Waals surface area contributed by atoms with Gasteiger partial charge in [0.15, 0.2) is 0 Å². The van der Waals surface area contributed by atoms with Crippen molar-refractivity contribution in [1.29, 1.82) is 0 Å². The van der Waals surface area contributed by atoms with E-state index in [1.807, 2.05) is 6.92 Å². The summed E-state index contributed by atoms with van der Waals surface area (Å²) in [5, 5.41) is 11.7. The topological polar surface area (TPSA) is 35.8 Å². The van der Waals surface area contributed by atoms with Gasteiger partial charge in [0.1, 0.15) is 0 Å². The summed E-state index contributed by atoms with van der Waals surface area (Å²) in [5.74, 6) is 0.0810. The maximum absolute atomic E-state index is 12.0. The molecule has 1 saturated heterocycles. The van der Waals surface area contributed by atoms with Crippen LogP contribution in [-0.4, -0.2) is 41.9 Å². The van der Waals surface area contributed by atoms with Crippen LogP contribution in [0.3, 0.4) is 0 Å². The predicted octanol–water partition coefficient (Wildman–Crippen LogP) is 1.42. The molecule has 1 fully saturated rings. The molecule has 0 amide bonds. The summed E-state index contributed by atoms with van der Waals surface area (Å²) >= 11 is 0. The maximum Gasteiger partial charge on any atom is 0.251 e. The highest BCUT2D eigenvalue weighted by atomic mass is 19.3. The summed E-state index contributed by atoms with van der Waals surface area (Å²) in [5.41, 5.74) is 0.713. The lowest BCUT2D eigenvalue weighted by atomic mass is 9.98. The highest BCUT2D eigenvalue weighted by Gasteiger charge is 2.24. The second kappa shape index (κ2) is 4.50. The first-order valence-corrected chi connectivity index (χ1v) is 4.34. The van der Waals surface area contributed by atoms with Crippen molar-refractivity contribution < 1.29 is 14.0 Å². The first-order valence-electron chi connectivity index (χ1n) is 4.34. The van der Waals surface area contributed by atoms with Crippen LogP contribution in [0.1, 0.15) is 13.3 Å². The van der Waals surface area contributed by atoms with Crippen molar-refractivity contribution >= 4 is 5.71 Å². The average molecular weight is 192 g/mol. The second-order valence-electron chi connectivity index (χ2n) is 3.39. The van der Waals surface area contributed by atoms with Gasteiger partial charge in [-0.3, -0.25) is 4.90 Å². The summed E-state index contributed by atoms with van der Waals surface area (Å²) in [6.45, 7) is 2.83. The fourth-order valence-electron chi connectivity index (χ4n) is 1.61. The number of nitrogens with zero attached hydrogens (tertiary/aromatic N) is 2. The van der Waals surface area contributed by atoms with Crippen LogP contribution in [-0.2, 0) is 0 Å². The smallest absolute Gasteiger partial charge is 0.251 e. The minimum atomic E-state index is -2.28. The molecule has 1 atom stereocenters. The number of likely N-dealkylation sites (tertiary alicyclic amines) is 1. The van der Waals surface area contributed by atoms with Gasteiger partial charge in [0.05, 0.1) is 12.3 Å². The normalized spacial score (nSPS) is 28.6. The van der Waals surface area contributed by atoms with E-state index >= 15 is 0 Å². The largest absolute Gasteiger partial charge is 0.411 e. The van der Waals surface area contributed by atoms with Crippen molar-refractivity contribution in [3.05, 3.63) is 0 Å². The van der Waals surface area contributed by atoms with Crippen molar-refractivity contribution in [2.45, 2.75) is 19.8 Å². The molecule has 1 aliphatic heterocycles. The Morgan fingerprint density at radius 1 is 1.69 bits per heavy atom. The highest BCUT2D eigenvalue weighted by Crippen LogP contribution is 2.14. The van der Waals surface area contributed by atoms with Crippen LogP contribution in [0, 0.1) is 5.92 Å². The molecule has 3 nitrogen and oxygen atoms in total. The van der Waals surface area contributed by atoms with Gasteiger partial charge in [-0.1, -0.05) is 12.1 Å². The molecule has 0 aliphatic carbocycles. The van der Waals surface area contributed by atoms with E-state index in [1.54, 1.807) is 4.90 Å². The quantitative estimate of drug-likeness (QED) is 0.530.